The summed E-state index contributed by atoms with van der Waals surface area (Å²) in [6.07, 6.45) is 0.400. The van der Waals surface area contributed by atoms with Gasteiger partial charge < -0.3 is 15.4 Å². The molecule has 2 N–H and O–H groups in total. The fraction of sp³-hybridized carbons (Fsp3) is 0.588. The second kappa shape index (κ2) is 12.4. The fourth-order valence-electron chi connectivity index (χ4n) is 2.52. The molecule has 0 atom stereocenters. The maximum absolute atomic E-state index is 13.6. The summed E-state index contributed by atoms with van der Waals surface area (Å²) < 4.78 is 32.1. The first-order valence-corrected chi connectivity index (χ1v) is 8.45. The van der Waals surface area contributed by atoms with Gasteiger partial charge in [0.1, 0.15) is 11.6 Å². The zero-order chi connectivity index (χ0) is 17.2. The summed E-state index contributed by atoms with van der Waals surface area (Å²) in [6.45, 7) is 8.24. The zero-order valence-corrected chi connectivity index (χ0v) is 16.9. The minimum atomic E-state index is -0.419. The summed E-state index contributed by atoms with van der Waals surface area (Å²) >= 11 is 0. The predicted octanol–water partition coefficient (Wildman–Crippen LogP) is 2.01. The highest BCUT2D eigenvalue weighted by Crippen LogP contribution is 2.09. The van der Waals surface area contributed by atoms with E-state index in [1.54, 1.807) is 0 Å². The summed E-state index contributed by atoms with van der Waals surface area (Å²) in [6, 6.07) is 3.52. The molecule has 1 aliphatic heterocycles. The molecule has 1 fully saturated rings. The molecule has 25 heavy (non-hydrogen) atoms. The molecule has 142 valence electrons. The van der Waals surface area contributed by atoms with Crippen molar-refractivity contribution in [1.82, 2.24) is 15.5 Å². The summed E-state index contributed by atoms with van der Waals surface area (Å²) in [7, 11) is 0. The highest BCUT2D eigenvalue weighted by molar-refractivity contribution is 14.0. The van der Waals surface area contributed by atoms with Crippen LogP contribution < -0.4 is 10.6 Å². The Morgan fingerprint density at radius 3 is 2.72 bits per heavy atom. The minimum Gasteiger partial charge on any atom is -0.379 e. The van der Waals surface area contributed by atoms with Crippen LogP contribution >= 0.6 is 24.0 Å². The van der Waals surface area contributed by atoms with Gasteiger partial charge in [0.25, 0.3) is 0 Å². The predicted molar refractivity (Wildman–Crippen MR) is 107 cm³/mol. The standard InChI is InChI=1S/C17H26F2N4O.HI/c1-2-20-17(22-7-8-23-9-11-24-12-10-23)21-6-5-14-13-15(18)3-4-16(14)19;/h3-4,13H,2,5-12H2,1H3,(H2,20,21,22);1H. The van der Waals surface area contributed by atoms with Crippen molar-refractivity contribution >= 4 is 29.9 Å². The molecule has 1 aliphatic rings. The van der Waals surface area contributed by atoms with Crippen LogP contribution in [-0.4, -0.2) is 63.3 Å². The SMILES string of the molecule is CCNC(=NCCN1CCOCC1)NCCc1cc(F)ccc1F.I. The highest BCUT2D eigenvalue weighted by Gasteiger charge is 2.09. The van der Waals surface area contributed by atoms with Gasteiger partial charge >= 0.3 is 0 Å². The third kappa shape index (κ3) is 8.28. The van der Waals surface area contributed by atoms with Crippen LogP contribution in [0.5, 0.6) is 0 Å². The minimum absolute atomic E-state index is 0. The quantitative estimate of drug-likeness (QED) is 0.366. The lowest BCUT2D eigenvalue weighted by Crippen LogP contribution is -2.40. The van der Waals surface area contributed by atoms with Gasteiger partial charge in [0.05, 0.1) is 19.8 Å². The van der Waals surface area contributed by atoms with Crippen molar-refractivity contribution in [3.05, 3.63) is 35.4 Å². The molecular weight excluding hydrogens is 441 g/mol. The molecule has 1 aromatic carbocycles. The Morgan fingerprint density at radius 2 is 2.00 bits per heavy atom. The first kappa shape index (κ1) is 22.0. The van der Waals surface area contributed by atoms with Gasteiger partial charge in [-0.05, 0) is 37.1 Å². The number of hydrogen-bond acceptors (Lipinski definition) is 3. The molecule has 0 saturated carbocycles. The number of morpholine rings is 1. The molecule has 0 unspecified atom stereocenters. The number of benzene rings is 1. The second-order valence-corrected chi connectivity index (χ2v) is 5.63. The molecule has 1 aromatic rings. The van der Waals surface area contributed by atoms with Gasteiger partial charge in [0, 0.05) is 32.7 Å². The first-order chi connectivity index (χ1) is 11.7. The van der Waals surface area contributed by atoms with Crippen molar-refractivity contribution in [3.8, 4) is 0 Å². The van der Waals surface area contributed by atoms with Crippen molar-refractivity contribution in [3.63, 3.8) is 0 Å². The Morgan fingerprint density at radius 1 is 1.24 bits per heavy atom. The molecule has 5 nitrogen and oxygen atoms in total. The second-order valence-electron chi connectivity index (χ2n) is 5.63. The maximum Gasteiger partial charge on any atom is 0.191 e. The lowest BCUT2D eigenvalue weighted by Gasteiger charge is -2.25. The Hall–Kier alpha value is -1.00. The molecule has 8 heteroatoms. The molecule has 0 aliphatic carbocycles. The number of nitrogens with zero attached hydrogens (tertiary/aromatic N) is 2. The van der Waals surface area contributed by atoms with E-state index in [0.717, 1.165) is 51.5 Å². The molecule has 0 amide bonds. The first-order valence-electron chi connectivity index (χ1n) is 8.45. The van der Waals surface area contributed by atoms with Crippen LogP contribution in [0.2, 0.25) is 0 Å². The Kier molecular flexibility index (Phi) is 10.9. The average Bonchev–Trinajstić information content (AvgIpc) is 2.59. The monoisotopic (exact) mass is 468 g/mol. The Bertz CT molecular complexity index is 539. The van der Waals surface area contributed by atoms with Crippen molar-refractivity contribution in [1.29, 1.82) is 0 Å². The number of nitrogens with one attached hydrogen (secondary N) is 2. The van der Waals surface area contributed by atoms with E-state index < -0.39 is 5.82 Å². The van der Waals surface area contributed by atoms with Crippen molar-refractivity contribution in [2.75, 3.05) is 52.5 Å². The van der Waals surface area contributed by atoms with Crippen molar-refractivity contribution in [2.24, 2.45) is 4.99 Å². The molecule has 0 bridgehead atoms. The zero-order valence-electron chi connectivity index (χ0n) is 14.6. The van der Waals surface area contributed by atoms with E-state index in [9.17, 15) is 8.78 Å². The third-order valence-corrected chi connectivity index (χ3v) is 3.83. The van der Waals surface area contributed by atoms with Crippen LogP contribution in [0.25, 0.3) is 0 Å². The molecule has 1 saturated heterocycles. The normalized spacial score (nSPS) is 15.6. The van der Waals surface area contributed by atoms with Gasteiger partial charge in [-0.3, -0.25) is 9.89 Å². The van der Waals surface area contributed by atoms with E-state index in [1.165, 1.54) is 6.07 Å². The molecule has 0 spiro atoms. The van der Waals surface area contributed by atoms with E-state index in [-0.39, 0.29) is 29.8 Å². The van der Waals surface area contributed by atoms with E-state index in [1.807, 2.05) is 6.92 Å². The molecule has 0 aromatic heterocycles. The topological polar surface area (TPSA) is 48.9 Å². The highest BCUT2D eigenvalue weighted by atomic mass is 127. The van der Waals surface area contributed by atoms with Crippen molar-refractivity contribution in [2.45, 2.75) is 13.3 Å². The Balaban J connectivity index is 0.00000312. The molecule has 2 rings (SSSR count). The lowest BCUT2D eigenvalue weighted by atomic mass is 10.1. The van der Waals surface area contributed by atoms with Crippen LogP contribution in [0.1, 0.15) is 12.5 Å². The third-order valence-electron chi connectivity index (χ3n) is 3.83. The van der Waals surface area contributed by atoms with E-state index in [2.05, 4.69) is 20.5 Å². The van der Waals surface area contributed by atoms with Crippen molar-refractivity contribution < 1.29 is 13.5 Å². The number of aliphatic imine (C=N–C) groups is 1. The number of halogens is 3. The number of hydrogen-bond donors (Lipinski definition) is 2. The summed E-state index contributed by atoms with van der Waals surface area (Å²) in [5.74, 6) is -0.104. The smallest absolute Gasteiger partial charge is 0.191 e. The average molecular weight is 468 g/mol. The van der Waals surface area contributed by atoms with Crippen LogP contribution in [0, 0.1) is 11.6 Å². The summed E-state index contributed by atoms with van der Waals surface area (Å²) in [5, 5.41) is 6.32. The molecule has 0 radical (unpaired) electrons. The van der Waals surface area contributed by atoms with Gasteiger partial charge in [-0.15, -0.1) is 24.0 Å². The molecule has 1 heterocycles. The van der Waals surface area contributed by atoms with Crippen LogP contribution in [0.15, 0.2) is 23.2 Å². The van der Waals surface area contributed by atoms with Crippen LogP contribution in [-0.2, 0) is 11.2 Å². The van der Waals surface area contributed by atoms with Crippen LogP contribution in [0.4, 0.5) is 8.78 Å². The van der Waals surface area contributed by atoms with Gasteiger partial charge in [-0.1, -0.05) is 0 Å². The van der Waals surface area contributed by atoms with Gasteiger partial charge in [0.15, 0.2) is 5.96 Å². The van der Waals surface area contributed by atoms with Gasteiger partial charge in [-0.25, -0.2) is 8.78 Å². The lowest BCUT2D eigenvalue weighted by molar-refractivity contribution is 0.0394. The Labute approximate surface area is 165 Å². The largest absolute Gasteiger partial charge is 0.379 e. The van der Waals surface area contributed by atoms with E-state index in [0.29, 0.717) is 31.0 Å². The fourth-order valence-corrected chi connectivity index (χ4v) is 2.52. The van der Waals surface area contributed by atoms with Crippen LogP contribution in [0.3, 0.4) is 0 Å². The number of ether oxygens (including phenoxy) is 1. The number of rotatable bonds is 7. The van der Waals surface area contributed by atoms with E-state index >= 15 is 0 Å². The maximum atomic E-state index is 13.6. The van der Waals surface area contributed by atoms with Gasteiger partial charge in [0.2, 0.25) is 0 Å². The summed E-state index contributed by atoms with van der Waals surface area (Å²) in [4.78, 5) is 6.84. The van der Waals surface area contributed by atoms with Gasteiger partial charge in [-0.2, -0.15) is 0 Å². The number of guanidine groups is 1. The summed E-state index contributed by atoms with van der Waals surface area (Å²) in [5.41, 5.74) is 0.367. The molecular formula is C17H27F2IN4O. The van der Waals surface area contributed by atoms with E-state index in [4.69, 9.17) is 4.74 Å².